The molecule has 3 rings (SSSR count). The quantitative estimate of drug-likeness (QED) is 0.769. The summed E-state index contributed by atoms with van der Waals surface area (Å²) < 4.78 is 28.3. The molecule has 0 radical (unpaired) electrons. The van der Waals surface area contributed by atoms with Crippen molar-refractivity contribution in [3.05, 3.63) is 43.0 Å². The van der Waals surface area contributed by atoms with Gasteiger partial charge in [0.1, 0.15) is 12.7 Å². The van der Waals surface area contributed by atoms with Gasteiger partial charge in [0.2, 0.25) is 15.9 Å². The number of rotatable bonds is 5. The van der Waals surface area contributed by atoms with Crippen LogP contribution >= 0.6 is 0 Å². The van der Waals surface area contributed by atoms with Gasteiger partial charge in [-0.25, -0.2) is 13.4 Å². The van der Waals surface area contributed by atoms with Crippen molar-refractivity contribution in [3.63, 3.8) is 0 Å². The van der Waals surface area contributed by atoms with Crippen LogP contribution in [0.3, 0.4) is 0 Å². The second-order valence-corrected chi connectivity index (χ2v) is 8.00. The van der Waals surface area contributed by atoms with E-state index in [2.05, 4.69) is 10.1 Å². The Morgan fingerprint density at radius 2 is 1.84 bits per heavy atom. The number of carbonyl (C=O) groups is 1. The number of nitrogens with zero attached hydrogens (tertiary/aromatic N) is 5. The SMILES string of the molecule is C[C@H](Cn1cncn1)C(=O)N1CCN(S(=O)(=O)c2ccccc2)CC1. The van der Waals surface area contributed by atoms with Gasteiger partial charge in [-0.05, 0) is 12.1 Å². The molecule has 1 amide bonds. The largest absolute Gasteiger partial charge is 0.340 e. The number of hydrogen-bond acceptors (Lipinski definition) is 5. The molecule has 0 bridgehead atoms. The molecule has 134 valence electrons. The first-order chi connectivity index (χ1) is 12.0. The summed E-state index contributed by atoms with van der Waals surface area (Å²) in [5, 5.41) is 4.01. The molecule has 0 spiro atoms. The highest BCUT2D eigenvalue weighted by Gasteiger charge is 2.31. The molecule has 1 fully saturated rings. The van der Waals surface area contributed by atoms with Crippen molar-refractivity contribution in [2.24, 2.45) is 5.92 Å². The van der Waals surface area contributed by atoms with Crippen molar-refractivity contribution in [3.8, 4) is 0 Å². The highest BCUT2D eigenvalue weighted by molar-refractivity contribution is 7.89. The van der Waals surface area contributed by atoms with Crippen LogP contribution in [0.1, 0.15) is 6.92 Å². The van der Waals surface area contributed by atoms with Crippen molar-refractivity contribution >= 4 is 15.9 Å². The van der Waals surface area contributed by atoms with Crippen molar-refractivity contribution in [2.45, 2.75) is 18.4 Å². The van der Waals surface area contributed by atoms with Crippen LogP contribution in [0.4, 0.5) is 0 Å². The predicted octanol–water partition coefficient (Wildman–Crippen LogP) is 0.447. The minimum Gasteiger partial charge on any atom is -0.340 e. The maximum Gasteiger partial charge on any atom is 0.243 e. The molecule has 0 aliphatic carbocycles. The molecule has 0 N–H and O–H groups in total. The van der Waals surface area contributed by atoms with Crippen LogP contribution in [0, 0.1) is 5.92 Å². The zero-order valence-electron chi connectivity index (χ0n) is 14.0. The van der Waals surface area contributed by atoms with Gasteiger partial charge in [-0.1, -0.05) is 25.1 Å². The summed E-state index contributed by atoms with van der Waals surface area (Å²) in [6, 6.07) is 8.38. The molecule has 1 atom stereocenters. The highest BCUT2D eigenvalue weighted by atomic mass is 32.2. The van der Waals surface area contributed by atoms with Gasteiger partial charge in [-0.15, -0.1) is 0 Å². The predicted molar refractivity (Wildman–Crippen MR) is 91.0 cm³/mol. The van der Waals surface area contributed by atoms with E-state index in [1.807, 2.05) is 6.92 Å². The summed E-state index contributed by atoms with van der Waals surface area (Å²) in [5.74, 6) is -0.230. The lowest BCUT2D eigenvalue weighted by molar-refractivity contribution is -0.136. The van der Waals surface area contributed by atoms with Crippen LogP contribution in [-0.4, -0.2) is 64.5 Å². The zero-order chi connectivity index (χ0) is 17.9. The lowest BCUT2D eigenvalue weighted by Crippen LogP contribution is -2.51. The lowest BCUT2D eigenvalue weighted by Gasteiger charge is -2.35. The van der Waals surface area contributed by atoms with E-state index >= 15 is 0 Å². The fraction of sp³-hybridized carbons (Fsp3) is 0.438. The Morgan fingerprint density at radius 1 is 1.16 bits per heavy atom. The summed E-state index contributed by atoms with van der Waals surface area (Å²) in [5.41, 5.74) is 0. The molecule has 1 saturated heterocycles. The Bertz CT molecular complexity index is 800. The zero-order valence-corrected chi connectivity index (χ0v) is 14.8. The number of hydrogen-bond donors (Lipinski definition) is 0. The second-order valence-electron chi connectivity index (χ2n) is 6.06. The fourth-order valence-corrected chi connectivity index (χ4v) is 4.33. The van der Waals surface area contributed by atoms with E-state index in [-0.39, 0.29) is 16.7 Å². The Morgan fingerprint density at radius 3 is 2.44 bits per heavy atom. The van der Waals surface area contributed by atoms with E-state index in [9.17, 15) is 13.2 Å². The van der Waals surface area contributed by atoms with Crippen LogP contribution < -0.4 is 0 Å². The van der Waals surface area contributed by atoms with Gasteiger partial charge >= 0.3 is 0 Å². The van der Waals surface area contributed by atoms with Crippen LogP contribution in [-0.2, 0) is 21.4 Å². The summed E-state index contributed by atoms with van der Waals surface area (Å²) in [6.07, 6.45) is 3.01. The molecule has 1 aliphatic rings. The maximum absolute atomic E-state index is 12.6. The van der Waals surface area contributed by atoms with Crippen molar-refractivity contribution in [1.82, 2.24) is 24.0 Å². The number of amides is 1. The van der Waals surface area contributed by atoms with E-state index in [4.69, 9.17) is 0 Å². The smallest absolute Gasteiger partial charge is 0.243 e. The standard InChI is InChI=1S/C16H21N5O3S/c1-14(11-20-13-17-12-18-20)16(22)19-7-9-21(10-8-19)25(23,24)15-5-3-2-4-6-15/h2-6,12-14H,7-11H2,1H3/t14-/m1/s1. The lowest BCUT2D eigenvalue weighted by atomic mass is 10.1. The molecule has 2 heterocycles. The van der Waals surface area contributed by atoms with E-state index < -0.39 is 10.0 Å². The van der Waals surface area contributed by atoms with Gasteiger partial charge in [0, 0.05) is 26.2 Å². The molecule has 0 saturated carbocycles. The molecular weight excluding hydrogens is 342 g/mol. The van der Waals surface area contributed by atoms with E-state index in [1.165, 1.54) is 10.6 Å². The van der Waals surface area contributed by atoms with Gasteiger partial charge in [0.15, 0.2) is 0 Å². The molecule has 9 heteroatoms. The number of sulfonamides is 1. The topological polar surface area (TPSA) is 88.4 Å². The first-order valence-electron chi connectivity index (χ1n) is 8.15. The minimum absolute atomic E-state index is 0.00672. The van der Waals surface area contributed by atoms with Gasteiger partial charge in [-0.3, -0.25) is 9.48 Å². The number of aromatic nitrogens is 3. The van der Waals surface area contributed by atoms with Gasteiger partial charge in [0.05, 0.1) is 17.4 Å². The summed E-state index contributed by atoms with van der Waals surface area (Å²) in [6.45, 7) is 3.70. The summed E-state index contributed by atoms with van der Waals surface area (Å²) in [4.78, 5) is 18.4. The monoisotopic (exact) mass is 363 g/mol. The Balaban J connectivity index is 1.59. The van der Waals surface area contributed by atoms with E-state index in [0.29, 0.717) is 32.7 Å². The van der Waals surface area contributed by atoms with Crippen LogP contribution in [0.25, 0.3) is 0 Å². The second kappa shape index (κ2) is 7.32. The molecule has 2 aromatic rings. The Kier molecular flexibility index (Phi) is 5.14. The third-order valence-corrected chi connectivity index (χ3v) is 6.19. The van der Waals surface area contributed by atoms with Crippen LogP contribution in [0.2, 0.25) is 0 Å². The van der Waals surface area contributed by atoms with Crippen molar-refractivity contribution in [1.29, 1.82) is 0 Å². The highest BCUT2D eigenvalue weighted by Crippen LogP contribution is 2.18. The molecule has 1 aliphatic heterocycles. The Labute approximate surface area is 147 Å². The molecule has 1 aromatic heterocycles. The number of piperazine rings is 1. The number of benzene rings is 1. The summed E-state index contributed by atoms with van der Waals surface area (Å²) in [7, 11) is -3.50. The minimum atomic E-state index is -3.50. The van der Waals surface area contributed by atoms with Crippen molar-refractivity contribution < 1.29 is 13.2 Å². The van der Waals surface area contributed by atoms with Crippen molar-refractivity contribution in [2.75, 3.05) is 26.2 Å². The Hall–Kier alpha value is -2.26. The van der Waals surface area contributed by atoms with Crippen LogP contribution in [0.15, 0.2) is 47.9 Å². The summed E-state index contributed by atoms with van der Waals surface area (Å²) >= 11 is 0. The van der Waals surface area contributed by atoms with Crippen LogP contribution in [0.5, 0.6) is 0 Å². The molecule has 0 unspecified atom stereocenters. The average Bonchev–Trinajstić information content (AvgIpc) is 3.15. The molecule has 1 aromatic carbocycles. The van der Waals surface area contributed by atoms with Gasteiger partial charge < -0.3 is 4.90 Å². The molecule has 8 nitrogen and oxygen atoms in total. The molecular formula is C16H21N5O3S. The third-order valence-electron chi connectivity index (χ3n) is 4.28. The van der Waals surface area contributed by atoms with E-state index in [0.717, 1.165) is 0 Å². The fourth-order valence-electron chi connectivity index (χ4n) is 2.89. The van der Waals surface area contributed by atoms with E-state index in [1.54, 1.807) is 46.2 Å². The molecule has 25 heavy (non-hydrogen) atoms. The third kappa shape index (κ3) is 3.88. The first kappa shape index (κ1) is 17.6. The maximum atomic E-state index is 12.6. The first-order valence-corrected chi connectivity index (χ1v) is 9.59. The normalized spacial score (nSPS) is 17.4. The van der Waals surface area contributed by atoms with Gasteiger partial charge in [0.25, 0.3) is 0 Å². The number of carbonyl (C=O) groups excluding carboxylic acids is 1. The average molecular weight is 363 g/mol. The van der Waals surface area contributed by atoms with Gasteiger partial charge in [-0.2, -0.15) is 9.40 Å².